The lowest BCUT2D eigenvalue weighted by molar-refractivity contribution is 0.350. The van der Waals surface area contributed by atoms with E-state index in [-0.39, 0.29) is 11.4 Å². The molecule has 0 bridgehead atoms. The van der Waals surface area contributed by atoms with Crippen LogP contribution in [0.3, 0.4) is 0 Å². The number of rotatable bonds is 6. The van der Waals surface area contributed by atoms with Crippen molar-refractivity contribution >= 4 is 26.5 Å². The third kappa shape index (κ3) is 3.26. The van der Waals surface area contributed by atoms with Gasteiger partial charge in [-0.15, -0.1) is 11.3 Å². The predicted molar refractivity (Wildman–Crippen MR) is 80.4 cm³/mol. The second-order valence-electron chi connectivity index (χ2n) is 3.96. The number of nitrogens with two attached hydrogens (primary N) is 1. The molecule has 0 aliphatic rings. The van der Waals surface area contributed by atoms with Crippen molar-refractivity contribution in [3.63, 3.8) is 0 Å². The van der Waals surface area contributed by atoms with E-state index in [1.165, 1.54) is 43.9 Å². The fraction of sp³-hybridized carbons (Fsp3) is 0.250. The first kappa shape index (κ1) is 15.5. The van der Waals surface area contributed by atoms with Crippen molar-refractivity contribution in [2.45, 2.75) is 11.4 Å². The molecule has 0 aliphatic carbocycles. The maximum absolute atomic E-state index is 12.4. The zero-order chi connectivity index (χ0) is 15.5. The lowest BCUT2D eigenvalue weighted by Crippen LogP contribution is -2.14. The second-order valence-corrected chi connectivity index (χ2v) is 6.54. The number of hydrogen-bond donors (Lipinski definition) is 2. The van der Waals surface area contributed by atoms with Crippen LogP contribution in [0.1, 0.15) is 5.56 Å². The summed E-state index contributed by atoms with van der Waals surface area (Å²) in [6, 6.07) is 2.84. The van der Waals surface area contributed by atoms with E-state index in [1.807, 2.05) is 0 Å². The summed E-state index contributed by atoms with van der Waals surface area (Å²) in [5.74, 6) is 0.730. The Morgan fingerprint density at radius 1 is 1.33 bits per heavy atom. The van der Waals surface area contributed by atoms with Gasteiger partial charge in [-0.2, -0.15) is 0 Å². The summed E-state index contributed by atoms with van der Waals surface area (Å²) in [7, 11) is -0.862. The fourth-order valence-electron chi connectivity index (χ4n) is 1.77. The van der Waals surface area contributed by atoms with Gasteiger partial charge in [-0.05, 0) is 6.07 Å². The van der Waals surface area contributed by atoms with Crippen molar-refractivity contribution < 1.29 is 17.9 Å². The third-order valence-corrected chi connectivity index (χ3v) is 4.85. The Morgan fingerprint density at radius 2 is 2.10 bits per heavy atom. The van der Waals surface area contributed by atoms with E-state index in [0.717, 1.165) is 0 Å². The van der Waals surface area contributed by atoms with Crippen LogP contribution >= 0.6 is 11.3 Å². The Balaban J connectivity index is 2.48. The number of methoxy groups -OCH3 is 2. The summed E-state index contributed by atoms with van der Waals surface area (Å²) in [5.41, 5.74) is 6.18. The molecule has 0 atom stereocenters. The highest BCUT2D eigenvalue weighted by Crippen LogP contribution is 2.34. The Labute approximate surface area is 126 Å². The average Bonchev–Trinajstić information content (AvgIpc) is 2.97. The summed E-state index contributed by atoms with van der Waals surface area (Å²) in [4.78, 5) is 3.93. The van der Waals surface area contributed by atoms with E-state index >= 15 is 0 Å². The van der Waals surface area contributed by atoms with E-state index in [9.17, 15) is 8.42 Å². The lowest BCUT2D eigenvalue weighted by Gasteiger charge is -2.14. The Bertz CT molecular complexity index is 689. The monoisotopic (exact) mass is 329 g/mol. The van der Waals surface area contributed by atoms with Gasteiger partial charge in [-0.1, -0.05) is 0 Å². The molecule has 114 valence electrons. The molecule has 7 nitrogen and oxygen atoms in total. The van der Waals surface area contributed by atoms with Gasteiger partial charge in [0, 0.05) is 29.8 Å². The summed E-state index contributed by atoms with van der Waals surface area (Å²) < 4.78 is 37.5. The Morgan fingerprint density at radius 3 is 2.62 bits per heavy atom. The van der Waals surface area contributed by atoms with Crippen LogP contribution in [0, 0.1) is 0 Å². The maximum atomic E-state index is 12.4. The van der Waals surface area contributed by atoms with Crippen molar-refractivity contribution in [3.05, 3.63) is 29.3 Å². The topological polar surface area (TPSA) is 104 Å². The van der Waals surface area contributed by atoms with Crippen LogP contribution in [-0.2, 0) is 16.6 Å². The van der Waals surface area contributed by atoms with Crippen LogP contribution < -0.4 is 19.9 Å². The predicted octanol–water partition coefficient (Wildman–Crippen LogP) is 1.42. The van der Waals surface area contributed by atoms with Crippen molar-refractivity contribution in [1.82, 2.24) is 4.98 Å². The minimum Gasteiger partial charge on any atom is -0.493 e. The van der Waals surface area contributed by atoms with Gasteiger partial charge in [-0.3, -0.25) is 4.72 Å². The lowest BCUT2D eigenvalue weighted by atomic mass is 10.2. The first-order valence-corrected chi connectivity index (χ1v) is 8.25. The number of aromatic nitrogens is 1. The molecular weight excluding hydrogens is 314 g/mol. The van der Waals surface area contributed by atoms with Gasteiger partial charge < -0.3 is 15.2 Å². The van der Waals surface area contributed by atoms with Crippen LogP contribution in [0.2, 0.25) is 0 Å². The molecule has 2 rings (SSSR count). The molecule has 0 amide bonds. The first-order chi connectivity index (χ1) is 10.0. The van der Waals surface area contributed by atoms with E-state index in [4.69, 9.17) is 15.2 Å². The molecule has 0 aliphatic heterocycles. The second kappa shape index (κ2) is 6.29. The molecule has 21 heavy (non-hydrogen) atoms. The average molecular weight is 329 g/mol. The molecule has 1 aromatic heterocycles. The van der Waals surface area contributed by atoms with Gasteiger partial charge in [0.25, 0.3) is 10.0 Å². The van der Waals surface area contributed by atoms with Crippen molar-refractivity contribution in [2.24, 2.45) is 5.73 Å². The van der Waals surface area contributed by atoms with Crippen LogP contribution in [0.5, 0.6) is 11.5 Å². The van der Waals surface area contributed by atoms with Crippen LogP contribution in [-0.4, -0.2) is 27.6 Å². The highest BCUT2D eigenvalue weighted by molar-refractivity contribution is 7.93. The fourth-order valence-corrected chi connectivity index (χ4v) is 3.62. The van der Waals surface area contributed by atoms with Gasteiger partial charge in [0.2, 0.25) is 0 Å². The highest BCUT2D eigenvalue weighted by Gasteiger charge is 2.21. The van der Waals surface area contributed by atoms with E-state index in [1.54, 1.807) is 5.38 Å². The van der Waals surface area contributed by atoms with Crippen molar-refractivity contribution in [1.29, 1.82) is 0 Å². The zero-order valence-corrected chi connectivity index (χ0v) is 13.1. The minimum atomic E-state index is -3.77. The number of anilines is 1. The summed E-state index contributed by atoms with van der Waals surface area (Å²) in [6.07, 6.45) is 1.52. The minimum absolute atomic E-state index is 0.0378. The van der Waals surface area contributed by atoms with Crippen LogP contribution in [0.4, 0.5) is 5.13 Å². The van der Waals surface area contributed by atoms with E-state index in [0.29, 0.717) is 22.2 Å². The first-order valence-electron chi connectivity index (χ1n) is 5.89. The molecule has 0 fully saturated rings. The molecule has 2 aromatic rings. The van der Waals surface area contributed by atoms with Gasteiger partial charge in [-0.25, -0.2) is 13.4 Å². The van der Waals surface area contributed by atoms with Crippen LogP contribution in [0.25, 0.3) is 0 Å². The zero-order valence-electron chi connectivity index (χ0n) is 11.5. The summed E-state index contributed by atoms with van der Waals surface area (Å²) >= 11 is 1.19. The molecule has 3 N–H and O–H groups in total. The molecule has 9 heteroatoms. The molecule has 1 aromatic carbocycles. The van der Waals surface area contributed by atoms with Gasteiger partial charge in [0.15, 0.2) is 16.6 Å². The number of thiazole rings is 1. The molecular formula is C12H15N3O4S2. The number of hydrogen-bond acceptors (Lipinski definition) is 7. The number of nitrogens with zero attached hydrogens (tertiary/aromatic N) is 1. The quantitative estimate of drug-likeness (QED) is 0.831. The Hall–Kier alpha value is -1.84. The number of benzene rings is 1. The van der Waals surface area contributed by atoms with Gasteiger partial charge >= 0.3 is 0 Å². The molecule has 0 saturated heterocycles. The molecule has 0 unspecified atom stereocenters. The third-order valence-electron chi connectivity index (χ3n) is 2.71. The standard InChI is InChI=1S/C12H15N3O4S2/c1-18-10-6-9(5-8(7-13)11(10)19-2)21(16,17)15-12-14-3-4-20-12/h3-6H,7,13H2,1-2H3,(H,14,15). The number of sulfonamides is 1. The van der Waals surface area contributed by atoms with E-state index in [2.05, 4.69) is 9.71 Å². The molecule has 0 saturated carbocycles. The molecule has 1 heterocycles. The molecule has 0 spiro atoms. The van der Waals surface area contributed by atoms with Crippen molar-refractivity contribution in [2.75, 3.05) is 18.9 Å². The normalized spacial score (nSPS) is 11.2. The molecule has 0 radical (unpaired) electrons. The number of ether oxygens (including phenoxy) is 2. The highest BCUT2D eigenvalue weighted by atomic mass is 32.2. The smallest absolute Gasteiger partial charge is 0.263 e. The van der Waals surface area contributed by atoms with Gasteiger partial charge in [0.05, 0.1) is 19.1 Å². The maximum Gasteiger partial charge on any atom is 0.263 e. The largest absolute Gasteiger partial charge is 0.493 e. The summed E-state index contributed by atoms with van der Waals surface area (Å²) in [5, 5.41) is 1.97. The summed E-state index contributed by atoms with van der Waals surface area (Å²) in [6.45, 7) is 0.125. The SMILES string of the molecule is COc1cc(S(=O)(=O)Nc2nccs2)cc(CN)c1OC. The van der Waals surface area contributed by atoms with Crippen LogP contribution in [0.15, 0.2) is 28.6 Å². The Kier molecular flexibility index (Phi) is 4.66. The van der Waals surface area contributed by atoms with Gasteiger partial charge in [0.1, 0.15) is 0 Å². The van der Waals surface area contributed by atoms with Crippen molar-refractivity contribution in [3.8, 4) is 11.5 Å². The van der Waals surface area contributed by atoms with E-state index < -0.39 is 10.0 Å². The number of nitrogens with one attached hydrogen (secondary N) is 1.